The summed E-state index contributed by atoms with van der Waals surface area (Å²) >= 11 is 0. The van der Waals surface area contributed by atoms with Crippen molar-refractivity contribution >= 4 is 6.03 Å². The highest BCUT2D eigenvalue weighted by Gasteiger charge is 2.12. The smallest absolute Gasteiger partial charge is 0.317 e. The number of amides is 2. The molecule has 0 aliphatic rings. The maximum Gasteiger partial charge on any atom is 0.317 e. The molecular formula is C18H30N2O2. The van der Waals surface area contributed by atoms with Crippen molar-refractivity contribution in [3.63, 3.8) is 0 Å². The first-order valence-corrected chi connectivity index (χ1v) is 8.15. The molecule has 0 aromatic heterocycles. The number of hydrogen-bond donors (Lipinski definition) is 1. The third-order valence-corrected chi connectivity index (χ3v) is 3.55. The van der Waals surface area contributed by atoms with E-state index in [1.165, 1.54) is 0 Å². The van der Waals surface area contributed by atoms with E-state index in [1.807, 2.05) is 38.2 Å². The molecule has 0 saturated carbocycles. The molecule has 1 N–H and O–H groups in total. The van der Waals surface area contributed by atoms with Crippen molar-refractivity contribution in [2.75, 3.05) is 13.7 Å². The lowest BCUT2D eigenvalue weighted by Gasteiger charge is -2.22. The third-order valence-electron chi connectivity index (χ3n) is 3.55. The summed E-state index contributed by atoms with van der Waals surface area (Å²) in [6, 6.07) is 8.06. The number of nitrogens with one attached hydrogen (secondary N) is 1. The van der Waals surface area contributed by atoms with Gasteiger partial charge in [-0.25, -0.2) is 4.79 Å². The zero-order valence-electron chi connectivity index (χ0n) is 14.6. The van der Waals surface area contributed by atoms with Crippen molar-refractivity contribution in [3.05, 3.63) is 29.8 Å². The van der Waals surface area contributed by atoms with Gasteiger partial charge in [0, 0.05) is 19.6 Å². The molecule has 22 heavy (non-hydrogen) atoms. The van der Waals surface area contributed by atoms with Crippen LogP contribution >= 0.6 is 0 Å². The van der Waals surface area contributed by atoms with Crippen molar-refractivity contribution in [3.8, 4) is 5.75 Å². The maximum atomic E-state index is 12.2. The highest BCUT2D eigenvalue weighted by Crippen LogP contribution is 2.13. The van der Waals surface area contributed by atoms with Gasteiger partial charge in [-0.05, 0) is 50.3 Å². The minimum Gasteiger partial charge on any atom is -0.494 e. The van der Waals surface area contributed by atoms with Crippen molar-refractivity contribution < 1.29 is 9.53 Å². The van der Waals surface area contributed by atoms with Gasteiger partial charge in [0.1, 0.15) is 5.75 Å². The molecule has 0 radical (unpaired) electrons. The van der Waals surface area contributed by atoms with Crippen LogP contribution in [-0.2, 0) is 6.54 Å². The Hall–Kier alpha value is -1.71. The molecule has 0 aliphatic heterocycles. The number of carbonyl (C=O) groups is 1. The first kappa shape index (κ1) is 18.3. The van der Waals surface area contributed by atoms with Crippen LogP contribution in [0.5, 0.6) is 5.75 Å². The van der Waals surface area contributed by atoms with Gasteiger partial charge >= 0.3 is 6.03 Å². The minimum atomic E-state index is -0.0230. The standard InChI is InChI=1S/C18H30N2O2/c1-6-22-17-11-9-16(10-12-17)13-20(5)18(21)19-15(4)8-7-14(2)3/h9-12,14-15H,6-8,13H2,1-5H3,(H,19,21). The van der Waals surface area contributed by atoms with Crippen molar-refractivity contribution in [1.82, 2.24) is 10.2 Å². The third kappa shape index (κ3) is 6.83. The Morgan fingerprint density at radius 2 is 1.82 bits per heavy atom. The largest absolute Gasteiger partial charge is 0.494 e. The molecule has 0 heterocycles. The molecule has 1 aromatic carbocycles. The quantitative estimate of drug-likeness (QED) is 0.787. The molecule has 0 spiro atoms. The Balaban J connectivity index is 2.42. The van der Waals surface area contributed by atoms with Crippen LogP contribution in [0.25, 0.3) is 0 Å². The molecule has 4 heteroatoms. The van der Waals surface area contributed by atoms with Crippen LogP contribution in [0, 0.1) is 5.92 Å². The lowest BCUT2D eigenvalue weighted by Crippen LogP contribution is -2.41. The van der Waals surface area contributed by atoms with Crippen molar-refractivity contribution in [2.45, 2.75) is 53.1 Å². The fraction of sp³-hybridized carbons (Fsp3) is 0.611. The van der Waals surface area contributed by atoms with Crippen LogP contribution in [0.3, 0.4) is 0 Å². The van der Waals surface area contributed by atoms with Crippen molar-refractivity contribution in [1.29, 1.82) is 0 Å². The van der Waals surface area contributed by atoms with Gasteiger partial charge in [0.2, 0.25) is 0 Å². The van der Waals surface area contributed by atoms with Gasteiger partial charge in [0.05, 0.1) is 6.61 Å². The van der Waals surface area contributed by atoms with Gasteiger partial charge in [-0.2, -0.15) is 0 Å². The molecule has 0 fully saturated rings. The fourth-order valence-corrected chi connectivity index (χ4v) is 2.18. The summed E-state index contributed by atoms with van der Waals surface area (Å²) in [7, 11) is 1.82. The molecule has 4 nitrogen and oxygen atoms in total. The summed E-state index contributed by atoms with van der Waals surface area (Å²) < 4.78 is 5.42. The number of benzene rings is 1. The van der Waals surface area contributed by atoms with Gasteiger partial charge in [0.15, 0.2) is 0 Å². The Bertz CT molecular complexity index is 443. The normalized spacial score (nSPS) is 12.1. The van der Waals surface area contributed by atoms with Crippen molar-refractivity contribution in [2.24, 2.45) is 5.92 Å². The zero-order chi connectivity index (χ0) is 16.5. The molecule has 2 amide bonds. The maximum absolute atomic E-state index is 12.2. The van der Waals surface area contributed by atoms with E-state index in [9.17, 15) is 4.79 Å². The van der Waals surface area contributed by atoms with E-state index in [2.05, 4.69) is 26.1 Å². The summed E-state index contributed by atoms with van der Waals surface area (Å²) in [6.07, 6.45) is 2.14. The predicted molar refractivity (Wildman–Crippen MR) is 91.1 cm³/mol. The van der Waals surface area contributed by atoms with E-state index >= 15 is 0 Å². The number of rotatable bonds is 8. The number of carbonyl (C=O) groups excluding carboxylic acids is 1. The predicted octanol–water partition coefficient (Wildman–Crippen LogP) is 4.05. The Morgan fingerprint density at radius 3 is 2.36 bits per heavy atom. The highest BCUT2D eigenvalue weighted by molar-refractivity contribution is 5.74. The van der Waals surface area contributed by atoms with Crippen LogP contribution in [0.1, 0.15) is 46.1 Å². The molecule has 0 bridgehead atoms. The first-order chi connectivity index (χ1) is 10.4. The SMILES string of the molecule is CCOc1ccc(CN(C)C(=O)NC(C)CCC(C)C)cc1. The first-order valence-electron chi connectivity index (χ1n) is 8.15. The molecular weight excluding hydrogens is 276 g/mol. The Labute approximate surface area is 134 Å². The summed E-state index contributed by atoms with van der Waals surface area (Å²) in [5.74, 6) is 1.53. The van der Waals surface area contributed by atoms with Crippen LogP contribution in [0.2, 0.25) is 0 Å². The van der Waals surface area contributed by atoms with E-state index in [1.54, 1.807) is 4.90 Å². The monoisotopic (exact) mass is 306 g/mol. The second-order valence-corrected chi connectivity index (χ2v) is 6.25. The highest BCUT2D eigenvalue weighted by atomic mass is 16.5. The van der Waals surface area contributed by atoms with E-state index < -0.39 is 0 Å². The second kappa shape index (κ2) is 9.34. The number of ether oxygens (including phenoxy) is 1. The number of nitrogens with zero attached hydrogens (tertiary/aromatic N) is 1. The van der Waals surface area contributed by atoms with Crippen LogP contribution in [0.15, 0.2) is 24.3 Å². The fourth-order valence-electron chi connectivity index (χ4n) is 2.18. The summed E-state index contributed by atoms with van der Waals surface area (Å²) in [4.78, 5) is 13.9. The minimum absolute atomic E-state index is 0.0230. The molecule has 0 saturated heterocycles. The van der Waals surface area contributed by atoms with E-state index in [-0.39, 0.29) is 12.1 Å². The average Bonchev–Trinajstić information content (AvgIpc) is 2.47. The lowest BCUT2D eigenvalue weighted by molar-refractivity contribution is 0.202. The number of hydrogen-bond acceptors (Lipinski definition) is 2. The van der Waals surface area contributed by atoms with Gasteiger partial charge in [-0.1, -0.05) is 26.0 Å². The van der Waals surface area contributed by atoms with Gasteiger partial charge in [-0.15, -0.1) is 0 Å². The van der Waals surface area contributed by atoms with Crippen LogP contribution in [0.4, 0.5) is 4.79 Å². The number of urea groups is 1. The molecule has 0 aliphatic carbocycles. The van der Waals surface area contributed by atoms with E-state index in [0.717, 1.165) is 24.2 Å². The topological polar surface area (TPSA) is 41.6 Å². The van der Waals surface area contributed by atoms with Gasteiger partial charge in [-0.3, -0.25) is 0 Å². The van der Waals surface area contributed by atoms with E-state index in [4.69, 9.17) is 4.74 Å². The average molecular weight is 306 g/mol. The lowest BCUT2D eigenvalue weighted by atomic mass is 10.0. The Kier molecular flexibility index (Phi) is 7.78. The molecule has 1 unspecified atom stereocenters. The van der Waals surface area contributed by atoms with Crippen LogP contribution < -0.4 is 10.1 Å². The second-order valence-electron chi connectivity index (χ2n) is 6.25. The summed E-state index contributed by atoms with van der Waals surface area (Å²) in [6.45, 7) is 9.68. The van der Waals surface area contributed by atoms with Gasteiger partial charge in [0.25, 0.3) is 0 Å². The van der Waals surface area contributed by atoms with Gasteiger partial charge < -0.3 is 15.0 Å². The molecule has 1 atom stereocenters. The Morgan fingerprint density at radius 1 is 1.18 bits per heavy atom. The molecule has 1 rings (SSSR count). The molecule has 1 aromatic rings. The summed E-state index contributed by atoms with van der Waals surface area (Å²) in [5, 5.41) is 3.05. The zero-order valence-corrected chi connectivity index (χ0v) is 14.6. The molecule has 124 valence electrons. The summed E-state index contributed by atoms with van der Waals surface area (Å²) in [5.41, 5.74) is 1.09. The van der Waals surface area contributed by atoms with E-state index in [0.29, 0.717) is 19.1 Å². The van der Waals surface area contributed by atoms with Crippen LogP contribution in [-0.4, -0.2) is 30.6 Å².